The van der Waals surface area contributed by atoms with Crippen LogP contribution in [0.5, 0.6) is 0 Å². The summed E-state index contributed by atoms with van der Waals surface area (Å²) < 4.78 is 32.7. The first kappa shape index (κ1) is 17.6. The number of benzene rings is 1. The number of methoxy groups -OCH3 is 1. The Kier molecular flexibility index (Phi) is 5.13. The van der Waals surface area contributed by atoms with Gasteiger partial charge in [-0.3, -0.25) is 0 Å². The molecule has 1 aliphatic carbocycles. The van der Waals surface area contributed by atoms with Gasteiger partial charge in [-0.1, -0.05) is 42.0 Å². The van der Waals surface area contributed by atoms with E-state index in [1.54, 1.807) is 26.3 Å². The Morgan fingerprint density at radius 2 is 2.04 bits per heavy atom. The van der Waals surface area contributed by atoms with Crippen LogP contribution in [0.3, 0.4) is 0 Å². The summed E-state index contributed by atoms with van der Waals surface area (Å²) in [7, 11) is -0.352. The minimum absolute atomic E-state index is 0.00550. The average Bonchev–Trinajstić information content (AvgIpc) is 2.64. The van der Waals surface area contributed by atoms with Crippen LogP contribution in [0.4, 0.5) is 0 Å². The van der Waals surface area contributed by atoms with Crippen LogP contribution < -0.4 is 5.32 Å². The van der Waals surface area contributed by atoms with Gasteiger partial charge >= 0.3 is 0 Å². The lowest BCUT2D eigenvalue weighted by Gasteiger charge is -2.33. The zero-order chi connectivity index (χ0) is 17.3. The molecule has 3 atom stereocenters. The van der Waals surface area contributed by atoms with Crippen LogP contribution in [0.2, 0.25) is 5.02 Å². The molecular weight excluding hydrogens is 348 g/mol. The summed E-state index contributed by atoms with van der Waals surface area (Å²) in [6, 6.07) is 4.70. The Morgan fingerprint density at radius 1 is 1.29 bits per heavy atom. The molecular formula is C17H21ClN2O3S. The van der Waals surface area contributed by atoms with E-state index in [1.165, 1.54) is 4.31 Å². The zero-order valence-electron chi connectivity index (χ0n) is 13.6. The van der Waals surface area contributed by atoms with Crippen molar-refractivity contribution < 1.29 is 13.2 Å². The topological polar surface area (TPSA) is 58.6 Å². The van der Waals surface area contributed by atoms with Gasteiger partial charge in [0, 0.05) is 37.7 Å². The third kappa shape index (κ3) is 3.05. The molecule has 1 heterocycles. The first-order valence-corrected chi connectivity index (χ1v) is 9.63. The standard InChI is InChI=1S/C17H21ClN2O3S/c1-20-15-6-4-3-5-13(15)17(19-9-10-23-2)14-8-7-12(18)11-16(14)24(20,21)22/h3-8,11,13,15,17,19H,9-10H2,1-2H3. The molecule has 0 radical (unpaired) electrons. The Balaban J connectivity index is 2.15. The Hall–Kier alpha value is -1.18. The number of allylic oxidation sites excluding steroid dienone is 2. The van der Waals surface area contributed by atoms with Gasteiger partial charge in [0.1, 0.15) is 0 Å². The fraction of sp³-hybridized carbons (Fsp3) is 0.412. The second-order valence-corrected chi connectivity index (χ2v) is 8.37. The first-order chi connectivity index (χ1) is 11.5. The van der Waals surface area contributed by atoms with Crippen LogP contribution in [-0.4, -0.2) is 46.1 Å². The smallest absolute Gasteiger partial charge is 0.243 e. The molecule has 2 aliphatic rings. The highest BCUT2D eigenvalue weighted by Crippen LogP contribution is 2.40. The van der Waals surface area contributed by atoms with Crippen molar-refractivity contribution >= 4 is 21.6 Å². The number of fused-ring (bicyclic) bond motifs is 2. The monoisotopic (exact) mass is 368 g/mol. The lowest BCUT2D eigenvalue weighted by Crippen LogP contribution is -2.42. The van der Waals surface area contributed by atoms with Gasteiger partial charge in [-0.05, 0) is 17.7 Å². The quantitative estimate of drug-likeness (QED) is 0.829. The fourth-order valence-corrected chi connectivity index (χ4v) is 5.21. The van der Waals surface area contributed by atoms with Gasteiger partial charge in [0.15, 0.2) is 0 Å². The highest BCUT2D eigenvalue weighted by molar-refractivity contribution is 7.89. The van der Waals surface area contributed by atoms with Gasteiger partial charge in [0.25, 0.3) is 0 Å². The molecule has 0 saturated carbocycles. The highest BCUT2D eigenvalue weighted by Gasteiger charge is 2.42. The predicted molar refractivity (Wildman–Crippen MR) is 94.6 cm³/mol. The summed E-state index contributed by atoms with van der Waals surface area (Å²) in [5.41, 5.74) is 0.745. The third-order valence-electron chi connectivity index (χ3n) is 4.59. The number of halogens is 1. The molecule has 0 saturated heterocycles. The van der Waals surface area contributed by atoms with Gasteiger partial charge in [-0.15, -0.1) is 0 Å². The SMILES string of the molecule is COCCNC1c2ccc(Cl)cc2S(=O)(=O)N(C)C2C=CC=CC12. The second-order valence-electron chi connectivity index (χ2n) is 5.97. The van der Waals surface area contributed by atoms with Crippen LogP contribution in [0.25, 0.3) is 0 Å². The van der Waals surface area contributed by atoms with Gasteiger partial charge in [-0.2, -0.15) is 4.31 Å². The molecule has 0 fully saturated rings. The molecule has 0 bridgehead atoms. The molecule has 1 N–H and O–H groups in total. The van der Waals surface area contributed by atoms with Crippen molar-refractivity contribution in [1.29, 1.82) is 0 Å². The second kappa shape index (κ2) is 6.98. The summed E-state index contributed by atoms with van der Waals surface area (Å²) in [4.78, 5) is 0.267. The number of nitrogens with zero attached hydrogens (tertiary/aromatic N) is 1. The fourth-order valence-electron chi connectivity index (χ4n) is 3.36. The summed E-state index contributed by atoms with van der Waals surface area (Å²) in [5, 5.41) is 3.87. The molecule has 5 nitrogen and oxygen atoms in total. The van der Waals surface area contributed by atoms with Crippen molar-refractivity contribution in [3.05, 3.63) is 53.1 Å². The number of nitrogens with one attached hydrogen (secondary N) is 1. The molecule has 1 aliphatic heterocycles. The average molecular weight is 369 g/mol. The highest BCUT2D eigenvalue weighted by atomic mass is 35.5. The molecule has 1 aromatic carbocycles. The normalized spacial score (nSPS) is 28.2. The Bertz CT molecular complexity index is 776. The number of ether oxygens (including phenoxy) is 1. The van der Waals surface area contributed by atoms with E-state index in [2.05, 4.69) is 11.4 Å². The van der Waals surface area contributed by atoms with Crippen molar-refractivity contribution in [3.63, 3.8) is 0 Å². The van der Waals surface area contributed by atoms with Gasteiger partial charge in [0.05, 0.1) is 17.5 Å². The van der Waals surface area contributed by atoms with E-state index in [9.17, 15) is 8.42 Å². The van der Waals surface area contributed by atoms with Crippen LogP contribution in [0, 0.1) is 5.92 Å². The van der Waals surface area contributed by atoms with Crippen molar-refractivity contribution in [2.24, 2.45) is 5.92 Å². The maximum Gasteiger partial charge on any atom is 0.243 e. The van der Waals surface area contributed by atoms with Crippen molar-refractivity contribution in [1.82, 2.24) is 9.62 Å². The maximum absolute atomic E-state index is 13.1. The van der Waals surface area contributed by atoms with Crippen LogP contribution in [-0.2, 0) is 14.8 Å². The van der Waals surface area contributed by atoms with E-state index in [-0.39, 0.29) is 22.9 Å². The van der Waals surface area contributed by atoms with Crippen LogP contribution in [0.15, 0.2) is 47.4 Å². The largest absolute Gasteiger partial charge is 0.383 e. The van der Waals surface area contributed by atoms with E-state index in [0.717, 1.165) is 5.56 Å². The molecule has 130 valence electrons. The molecule has 7 heteroatoms. The van der Waals surface area contributed by atoms with E-state index in [1.807, 2.05) is 24.3 Å². The summed E-state index contributed by atoms with van der Waals surface area (Å²) in [5.74, 6) is -0.00550. The molecule has 1 aromatic rings. The summed E-state index contributed by atoms with van der Waals surface area (Å²) in [6.07, 6.45) is 7.85. The zero-order valence-corrected chi connectivity index (χ0v) is 15.2. The Labute approximate surface area is 148 Å². The van der Waals surface area contributed by atoms with Gasteiger partial charge in [-0.25, -0.2) is 8.42 Å². The van der Waals surface area contributed by atoms with E-state index in [4.69, 9.17) is 16.3 Å². The third-order valence-corrected chi connectivity index (χ3v) is 6.74. The van der Waals surface area contributed by atoms with Crippen molar-refractivity contribution in [2.45, 2.75) is 17.0 Å². The minimum Gasteiger partial charge on any atom is -0.383 e. The van der Waals surface area contributed by atoms with Gasteiger partial charge in [0.2, 0.25) is 10.0 Å². The van der Waals surface area contributed by atoms with Crippen LogP contribution in [0.1, 0.15) is 11.6 Å². The molecule has 0 amide bonds. The molecule has 3 unspecified atom stereocenters. The number of rotatable bonds is 4. The van der Waals surface area contributed by atoms with E-state index < -0.39 is 10.0 Å². The van der Waals surface area contributed by atoms with Gasteiger partial charge < -0.3 is 10.1 Å². The predicted octanol–water partition coefficient (Wildman–Crippen LogP) is 2.36. The van der Waals surface area contributed by atoms with Crippen LogP contribution >= 0.6 is 11.6 Å². The number of hydrogen-bond acceptors (Lipinski definition) is 4. The summed E-state index contributed by atoms with van der Waals surface area (Å²) in [6.45, 7) is 1.19. The summed E-state index contributed by atoms with van der Waals surface area (Å²) >= 11 is 6.08. The molecule has 3 rings (SSSR count). The van der Waals surface area contributed by atoms with E-state index in [0.29, 0.717) is 18.2 Å². The lowest BCUT2D eigenvalue weighted by atomic mass is 9.84. The Morgan fingerprint density at radius 3 is 2.79 bits per heavy atom. The maximum atomic E-state index is 13.1. The number of sulfonamides is 1. The minimum atomic E-state index is -3.62. The number of likely N-dealkylation sites (N-methyl/N-ethyl adjacent to an activating group) is 1. The van der Waals surface area contributed by atoms with Crippen molar-refractivity contribution in [3.8, 4) is 0 Å². The van der Waals surface area contributed by atoms with E-state index >= 15 is 0 Å². The molecule has 0 spiro atoms. The lowest BCUT2D eigenvalue weighted by molar-refractivity contribution is 0.189. The molecule has 0 aromatic heterocycles. The number of hydrogen-bond donors (Lipinski definition) is 1. The molecule has 24 heavy (non-hydrogen) atoms. The first-order valence-electron chi connectivity index (χ1n) is 7.81. The van der Waals surface area contributed by atoms with Crippen molar-refractivity contribution in [2.75, 3.05) is 27.3 Å².